The number of nitrogens with two attached hydrogens (primary N) is 1. The monoisotopic (exact) mass is 418 g/mol. The van der Waals surface area contributed by atoms with Crippen molar-refractivity contribution in [1.82, 2.24) is 4.98 Å². The Bertz CT molecular complexity index is 883. The number of esters is 3. The SMILES string of the molecule is COC(=O)c1sc(N)c(C(=O)OC)c1COC(=O)c1cnc(Cl)c(Cl)c1. The number of thiophene rings is 1. The highest BCUT2D eigenvalue weighted by Gasteiger charge is 2.28. The van der Waals surface area contributed by atoms with E-state index in [-0.39, 0.29) is 36.7 Å². The van der Waals surface area contributed by atoms with Gasteiger partial charge in [0.1, 0.15) is 27.2 Å². The van der Waals surface area contributed by atoms with Crippen molar-refractivity contribution < 1.29 is 28.6 Å². The first-order valence-corrected chi connectivity index (χ1v) is 8.43. The predicted molar refractivity (Wildman–Crippen MR) is 94.8 cm³/mol. The summed E-state index contributed by atoms with van der Waals surface area (Å²) in [7, 11) is 2.33. The molecule has 2 aromatic rings. The molecule has 26 heavy (non-hydrogen) atoms. The molecule has 0 spiro atoms. The molecular weight excluding hydrogens is 407 g/mol. The van der Waals surface area contributed by atoms with E-state index in [1.807, 2.05) is 0 Å². The summed E-state index contributed by atoms with van der Waals surface area (Å²) in [6, 6.07) is 1.28. The number of hydrogen-bond donors (Lipinski definition) is 1. The fraction of sp³-hybridized carbons (Fsp3) is 0.200. The van der Waals surface area contributed by atoms with Crippen LogP contribution in [-0.4, -0.2) is 37.1 Å². The third-order valence-corrected chi connectivity index (χ3v) is 4.90. The number of rotatable bonds is 5. The number of anilines is 1. The molecule has 2 heterocycles. The van der Waals surface area contributed by atoms with E-state index in [9.17, 15) is 14.4 Å². The van der Waals surface area contributed by atoms with Gasteiger partial charge in [0.15, 0.2) is 0 Å². The molecule has 0 aliphatic rings. The van der Waals surface area contributed by atoms with E-state index in [4.69, 9.17) is 33.7 Å². The number of carbonyl (C=O) groups is 3. The Kier molecular flexibility index (Phi) is 6.41. The van der Waals surface area contributed by atoms with Crippen molar-refractivity contribution in [1.29, 1.82) is 0 Å². The molecule has 0 aromatic carbocycles. The van der Waals surface area contributed by atoms with Gasteiger partial charge in [-0.3, -0.25) is 0 Å². The van der Waals surface area contributed by atoms with Crippen LogP contribution in [0, 0.1) is 0 Å². The number of halogens is 2. The lowest BCUT2D eigenvalue weighted by Gasteiger charge is -2.08. The second kappa shape index (κ2) is 8.35. The van der Waals surface area contributed by atoms with Gasteiger partial charge in [-0.2, -0.15) is 0 Å². The minimum absolute atomic E-state index is 0.0328. The fourth-order valence-electron chi connectivity index (χ4n) is 1.96. The normalized spacial score (nSPS) is 10.3. The number of methoxy groups -OCH3 is 2. The standard InChI is InChI=1S/C15H12Cl2N2O6S/c1-23-14(21)9-7(10(15(22)24-2)26-12(9)18)5-25-13(20)6-3-8(16)11(17)19-4-6/h3-4H,5,18H2,1-2H3. The summed E-state index contributed by atoms with van der Waals surface area (Å²) in [6.07, 6.45) is 1.18. The third kappa shape index (κ3) is 4.06. The molecule has 0 bridgehead atoms. The number of nitrogens with zero attached hydrogens (tertiary/aromatic N) is 1. The van der Waals surface area contributed by atoms with Crippen molar-refractivity contribution in [3.05, 3.63) is 44.0 Å². The van der Waals surface area contributed by atoms with Crippen molar-refractivity contribution in [2.24, 2.45) is 0 Å². The van der Waals surface area contributed by atoms with E-state index in [2.05, 4.69) is 14.5 Å². The maximum atomic E-state index is 12.2. The lowest BCUT2D eigenvalue weighted by molar-refractivity contribution is 0.0452. The third-order valence-electron chi connectivity index (χ3n) is 3.17. The smallest absolute Gasteiger partial charge is 0.348 e. The molecule has 0 fully saturated rings. The van der Waals surface area contributed by atoms with Crippen LogP contribution in [0.5, 0.6) is 0 Å². The first-order chi connectivity index (χ1) is 12.3. The minimum atomic E-state index is -0.785. The van der Waals surface area contributed by atoms with Gasteiger partial charge in [-0.25, -0.2) is 19.4 Å². The van der Waals surface area contributed by atoms with E-state index in [0.717, 1.165) is 18.4 Å². The molecule has 0 aliphatic heterocycles. The molecule has 2 N–H and O–H groups in total. The molecule has 11 heteroatoms. The predicted octanol–water partition coefficient (Wildman–Crippen LogP) is 2.96. The van der Waals surface area contributed by atoms with Gasteiger partial charge in [-0.05, 0) is 6.07 Å². The Morgan fingerprint density at radius 1 is 1.15 bits per heavy atom. The first-order valence-electron chi connectivity index (χ1n) is 6.86. The summed E-state index contributed by atoms with van der Waals surface area (Å²) in [4.78, 5) is 39.8. The van der Waals surface area contributed by atoms with Gasteiger partial charge in [0.25, 0.3) is 0 Å². The van der Waals surface area contributed by atoms with E-state index in [1.165, 1.54) is 19.4 Å². The van der Waals surface area contributed by atoms with Gasteiger partial charge in [0, 0.05) is 11.8 Å². The van der Waals surface area contributed by atoms with Crippen LogP contribution in [-0.2, 0) is 20.8 Å². The molecule has 138 valence electrons. The average Bonchev–Trinajstić information content (AvgIpc) is 2.96. The molecule has 0 amide bonds. The van der Waals surface area contributed by atoms with Gasteiger partial charge in [0.2, 0.25) is 0 Å². The Morgan fingerprint density at radius 2 is 1.81 bits per heavy atom. The van der Waals surface area contributed by atoms with Gasteiger partial charge in [0.05, 0.1) is 24.8 Å². The number of carbonyl (C=O) groups excluding carboxylic acids is 3. The fourth-order valence-corrected chi connectivity index (χ4v) is 3.21. The van der Waals surface area contributed by atoms with Crippen LogP contribution in [0.3, 0.4) is 0 Å². The van der Waals surface area contributed by atoms with Crippen LogP contribution < -0.4 is 5.73 Å². The topological polar surface area (TPSA) is 118 Å². The molecule has 0 saturated carbocycles. The van der Waals surface area contributed by atoms with Crippen molar-refractivity contribution in [2.45, 2.75) is 6.61 Å². The quantitative estimate of drug-likeness (QED) is 0.447. The van der Waals surface area contributed by atoms with Crippen LogP contribution in [0.1, 0.15) is 36.0 Å². The van der Waals surface area contributed by atoms with Crippen molar-refractivity contribution in [2.75, 3.05) is 20.0 Å². The van der Waals surface area contributed by atoms with Crippen molar-refractivity contribution >= 4 is 57.4 Å². The zero-order valence-corrected chi connectivity index (χ0v) is 15.8. The molecule has 0 radical (unpaired) electrons. The van der Waals surface area contributed by atoms with Crippen LogP contribution >= 0.6 is 34.5 Å². The first kappa shape index (κ1) is 20.0. The lowest BCUT2D eigenvalue weighted by atomic mass is 10.1. The zero-order valence-electron chi connectivity index (χ0n) is 13.5. The number of ether oxygens (including phenoxy) is 3. The van der Waals surface area contributed by atoms with Crippen molar-refractivity contribution in [3.8, 4) is 0 Å². The van der Waals surface area contributed by atoms with Crippen LogP contribution in [0.25, 0.3) is 0 Å². The van der Waals surface area contributed by atoms with Crippen molar-refractivity contribution in [3.63, 3.8) is 0 Å². The van der Waals surface area contributed by atoms with E-state index < -0.39 is 24.5 Å². The highest BCUT2D eigenvalue weighted by atomic mass is 35.5. The Morgan fingerprint density at radius 3 is 2.38 bits per heavy atom. The second-order valence-corrected chi connectivity index (χ2v) is 6.52. The van der Waals surface area contributed by atoms with Gasteiger partial charge in [-0.15, -0.1) is 11.3 Å². The summed E-state index contributed by atoms with van der Waals surface area (Å²) in [5.74, 6) is -2.28. The summed E-state index contributed by atoms with van der Waals surface area (Å²) in [5.41, 5.74) is 5.87. The van der Waals surface area contributed by atoms with Gasteiger partial charge < -0.3 is 19.9 Å². The van der Waals surface area contributed by atoms with Crippen LogP contribution in [0.15, 0.2) is 12.3 Å². The summed E-state index contributed by atoms with van der Waals surface area (Å²) < 4.78 is 14.5. The maximum absolute atomic E-state index is 12.2. The number of pyridine rings is 1. The second-order valence-electron chi connectivity index (χ2n) is 4.70. The van der Waals surface area contributed by atoms with Crippen LogP contribution in [0.4, 0.5) is 5.00 Å². The van der Waals surface area contributed by atoms with E-state index in [0.29, 0.717) is 0 Å². The van der Waals surface area contributed by atoms with E-state index >= 15 is 0 Å². The highest BCUT2D eigenvalue weighted by Crippen LogP contribution is 2.33. The number of hydrogen-bond acceptors (Lipinski definition) is 9. The van der Waals surface area contributed by atoms with Gasteiger partial charge >= 0.3 is 17.9 Å². The molecule has 8 nitrogen and oxygen atoms in total. The minimum Gasteiger partial charge on any atom is -0.465 e. The van der Waals surface area contributed by atoms with Crippen LogP contribution in [0.2, 0.25) is 10.2 Å². The molecule has 0 unspecified atom stereocenters. The summed E-state index contributed by atoms with van der Waals surface area (Å²) in [6.45, 7) is -0.415. The molecule has 2 aromatic heterocycles. The summed E-state index contributed by atoms with van der Waals surface area (Å²) >= 11 is 12.3. The maximum Gasteiger partial charge on any atom is 0.348 e. The Labute approximate surface area is 161 Å². The molecule has 0 aliphatic carbocycles. The molecule has 0 atom stereocenters. The zero-order chi connectivity index (χ0) is 19.4. The number of aromatic nitrogens is 1. The highest BCUT2D eigenvalue weighted by molar-refractivity contribution is 7.18. The molecular formula is C15H12Cl2N2O6S. The van der Waals surface area contributed by atoms with E-state index in [1.54, 1.807) is 0 Å². The Hall–Kier alpha value is -2.36. The number of nitrogen functional groups attached to an aromatic ring is 1. The van der Waals surface area contributed by atoms with Gasteiger partial charge in [-0.1, -0.05) is 23.2 Å². The summed E-state index contributed by atoms with van der Waals surface area (Å²) in [5, 5.41) is 0.153. The largest absolute Gasteiger partial charge is 0.465 e. The lowest BCUT2D eigenvalue weighted by Crippen LogP contribution is -2.13. The average molecular weight is 419 g/mol. The Balaban J connectivity index is 2.32. The molecule has 2 rings (SSSR count). The molecule has 0 saturated heterocycles.